The molecule has 68 valence electrons. The van der Waals surface area contributed by atoms with Crippen molar-refractivity contribution in [1.82, 2.24) is 0 Å². The molecule has 0 rings (SSSR count). The monoisotopic (exact) mass is 166 g/mol. The van der Waals surface area contributed by atoms with Crippen molar-refractivity contribution in [2.75, 3.05) is 19.8 Å². The third-order valence-corrected chi connectivity index (χ3v) is 1.13. The van der Waals surface area contributed by atoms with Gasteiger partial charge in [0.1, 0.15) is 6.10 Å². The first-order valence-electron chi connectivity index (χ1n) is 3.40. The molecule has 0 fully saturated rings. The van der Waals surface area contributed by atoms with E-state index in [1.165, 1.54) is 0 Å². The summed E-state index contributed by atoms with van der Waals surface area (Å²) < 4.78 is 4.68. The van der Waals surface area contributed by atoms with E-state index in [1.807, 2.05) is 0 Å². The van der Waals surface area contributed by atoms with Crippen molar-refractivity contribution in [3.63, 3.8) is 0 Å². The highest BCUT2D eigenvalue weighted by Crippen LogP contribution is 1.98. The smallest absolute Gasteiger partial charge is 0.157 e. The lowest BCUT2D eigenvalue weighted by Crippen LogP contribution is -2.28. The van der Waals surface area contributed by atoms with Crippen molar-refractivity contribution in [1.29, 1.82) is 0 Å². The maximum atomic E-state index is 8.88. The first kappa shape index (κ1) is 10.8. The van der Waals surface area contributed by atoms with Crippen LogP contribution in [-0.4, -0.2) is 52.6 Å². The summed E-state index contributed by atoms with van der Waals surface area (Å²) in [5.41, 5.74) is 0. The molecule has 1 atom stereocenters. The van der Waals surface area contributed by atoms with Gasteiger partial charge >= 0.3 is 0 Å². The first-order chi connectivity index (χ1) is 5.24. The average Bonchev–Trinajstić information content (AvgIpc) is 2.01. The standard InChI is InChI=1S/C6H14O5/c7-2-1-6(10)11-5(3-8)4-9/h5-10H,1-4H2. The van der Waals surface area contributed by atoms with E-state index in [9.17, 15) is 0 Å². The van der Waals surface area contributed by atoms with Gasteiger partial charge < -0.3 is 25.2 Å². The van der Waals surface area contributed by atoms with Crippen LogP contribution in [0, 0.1) is 0 Å². The molecule has 0 radical (unpaired) electrons. The average molecular weight is 166 g/mol. The van der Waals surface area contributed by atoms with Crippen LogP contribution in [0.1, 0.15) is 6.42 Å². The molecule has 0 spiro atoms. The van der Waals surface area contributed by atoms with Crippen molar-refractivity contribution in [3.8, 4) is 0 Å². The Morgan fingerprint density at radius 1 is 1.09 bits per heavy atom. The summed E-state index contributed by atoms with van der Waals surface area (Å²) in [6.07, 6.45) is -1.81. The molecular formula is C6H14O5. The summed E-state index contributed by atoms with van der Waals surface area (Å²) in [5, 5.41) is 34.2. The van der Waals surface area contributed by atoms with Gasteiger partial charge in [0, 0.05) is 13.0 Å². The van der Waals surface area contributed by atoms with Gasteiger partial charge in [0.15, 0.2) is 6.29 Å². The molecule has 11 heavy (non-hydrogen) atoms. The Labute approximate surface area is 64.9 Å². The lowest BCUT2D eigenvalue weighted by molar-refractivity contribution is -0.163. The van der Waals surface area contributed by atoms with Crippen molar-refractivity contribution in [2.45, 2.75) is 18.8 Å². The first-order valence-corrected chi connectivity index (χ1v) is 3.40. The fourth-order valence-electron chi connectivity index (χ4n) is 0.544. The predicted molar refractivity (Wildman–Crippen MR) is 36.8 cm³/mol. The van der Waals surface area contributed by atoms with Gasteiger partial charge in [0.25, 0.3) is 0 Å². The van der Waals surface area contributed by atoms with E-state index in [4.69, 9.17) is 20.4 Å². The van der Waals surface area contributed by atoms with Crippen molar-refractivity contribution >= 4 is 0 Å². The lowest BCUT2D eigenvalue weighted by atomic mass is 10.4. The van der Waals surface area contributed by atoms with Crippen LogP contribution in [0.2, 0.25) is 0 Å². The molecule has 5 heteroatoms. The third kappa shape index (κ3) is 5.11. The predicted octanol–water partition coefficient (Wildman–Crippen LogP) is -1.94. The minimum absolute atomic E-state index is 0.0799. The number of hydrogen-bond donors (Lipinski definition) is 4. The van der Waals surface area contributed by atoms with Crippen LogP contribution in [0.3, 0.4) is 0 Å². The second-order valence-electron chi connectivity index (χ2n) is 2.09. The molecule has 0 amide bonds. The van der Waals surface area contributed by atoms with Crippen LogP contribution in [-0.2, 0) is 4.74 Å². The zero-order chi connectivity index (χ0) is 8.69. The van der Waals surface area contributed by atoms with Crippen LogP contribution < -0.4 is 0 Å². The summed E-state index contributed by atoms with van der Waals surface area (Å²) in [5.74, 6) is 0. The number of hydrogen-bond acceptors (Lipinski definition) is 5. The number of ether oxygens (including phenoxy) is 1. The quantitative estimate of drug-likeness (QED) is 0.345. The summed E-state index contributed by atoms with van der Waals surface area (Å²) in [6, 6.07) is 0. The summed E-state index contributed by atoms with van der Waals surface area (Å²) in [6.45, 7) is -0.886. The minimum atomic E-state index is -1.12. The van der Waals surface area contributed by atoms with Gasteiger partial charge in [-0.15, -0.1) is 0 Å². The Morgan fingerprint density at radius 3 is 2.00 bits per heavy atom. The minimum Gasteiger partial charge on any atom is -0.396 e. The summed E-state index contributed by atoms with van der Waals surface area (Å²) in [7, 11) is 0. The highest BCUT2D eigenvalue weighted by Gasteiger charge is 2.11. The van der Waals surface area contributed by atoms with E-state index in [0.717, 1.165) is 0 Å². The van der Waals surface area contributed by atoms with Gasteiger partial charge in [-0.2, -0.15) is 0 Å². The molecule has 0 aromatic rings. The molecule has 0 heterocycles. The van der Waals surface area contributed by atoms with E-state index in [0.29, 0.717) is 0 Å². The van der Waals surface area contributed by atoms with Crippen molar-refractivity contribution in [3.05, 3.63) is 0 Å². The van der Waals surface area contributed by atoms with Crippen LogP contribution in [0.15, 0.2) is 0 Å². The van der Waals surface area contributed by atoms with E-state index in [-0.39, 0.29) is 26.2 Å². The highest BCUT2D eigenvalue weighted by molar-refractivity contribution is 4.53. The van der Waals surface area contributed by atoms with Gasteiger partial charge in [-0.3, -0.25) is 0 Å². The molecule has 0 aliphatic rings. The fourth-order valence-corrected chi connectivity index (χ4v) is 0.544. The molecule has 0 aliphatic carbocycles. The van der Waals surface area contributed by atoms with E-state index < -0.39 is 12.4 Å². The molecule has 0 aromatic carbocycles. The highest BCUT2D eigenvalue weighted by atomic mass is 16.6. The number of rotatable bonds is 6. The van der Waals surface area contributed by atoms with Gasteiger partial charge in [-0.25, -0.2) is 0 Å². The zero-order valence-corrected chi connectivity index (χ0v) is 6.18. The fraction of sp³-hybridized carbons (Fsp3) is 1.00. The van der Waals surface area contributed by atoms with Gasteiger partial charge in [0.2, 0.25) is 0 Å². The van der Waals surface area contributed by atoms with Crippen LogP contribution in [0.5, 0.6) is 0 Å². The Morgan fingerprint density at radius 2 is 1.64 bits per heavy atom. The normalized spacial score (nSPS) is 13.9. The van der Waals surface area contributed by atoms with Gasteiger partial charge in [-0.05, 0) is 0 Å². The van der Waals surface area contributed by atoms with Crippen molar-refractivity contribution in [2.24, 2.45) is 0 Å². The Hall–Kier alpha value is -0.200. The second-order valence-corrected chi connectivity index (χ2v) is 2.09. The zero-order valence-electron chi connectivity index (χ0n) is 6.18. The Balaban J connectivity index is 3.44. The topological polar surface area (TPSA) is 90.2 Å². The molecule has 5 nitrogen and oxygen atoms in total. The van der Waals surface area contributed by atoms with Gasteiger partial charge in [0.05, 0.1) is 13.2 Å². The largest absolute Gasteiger partial charge is 0.396 e. The van der Waals surface area contributed by atoms with Crippen LogP contribution >= 0.6 is 0 Å². The summed E-state index contributed by atoms with van der Waals surface area (Å²) in [4.78, 5) is 0. The molecule has 0 saturated heterocycles. The number of aliphatic hydroxyl groups is 4. The van der Waals surface area contributed by atoms with Crippen LogP contribution in [0.4, 0.5) is 0 Å². The second kappa shape index (κ2) is 6.51. The Kier molecular flexibility index (Phi) is 6.39. The van der Waals surface area contributed by atoms with Crippen LogP contribution in [0.25, 0.3) is 0 Å². The third-order valence-electron chi connectivity index (χ3n) is 1.13. The molecule has 0 saturated carbocycles. The van der Waals surface area contributed by atoms with E-state index in [2.05, 4.69) is 4.74 Å². The molecule has 1 unspecified atom stereocenters. The number of aliphatic hydroxyl groups excluding tert-OH is 4. The SMILES string of the molecule is OCCC(O)OC(CO)CO. The molecule has 4 N–H and O–H groups in total. The molecular weight excluding hydrogens is 152 g/mol. The molecule has 0 bridgehead atoms. The van der Waals surface area contributed by atoms with Gasteiger partial charge in [-0.1, -0.05) is 0 Å². The van der Waals surface area contributed by atoms with E-state index in [1.54, 1.807) is 0 Å². The lowest BCUT2D eigenvalue weighted by Gasteiger charge is -2.16. The molecule has 0 aliphatic heterocycles. The maximum Gasteiger partial charge on any atom is 0.157 e. The summed E-state index contributed by atoms with van der Waals surface area (Å²) >= 11 is 0. The van der Waals surface area contributed by atoms with E-state index >= 15 is 0 Å². The maximum absolute atomic E-state index is 8.88. The van der Waals surface area contributed by atoms with Crippen molar-refractivity contribution < 1.29 is 25.2 Å². The Bertz CT molecular complexity index is 83.0. The molecule has 0 aromatic heterocycles.